The van der Waals surface area contributed by atoms with E-state index in [0.717, 1.165) is 44.3 Å². The van der Waals surface area contributed by atoms with Gasteiger partial charge >= 0.3 is 0 Å². The van der Waals surface area contributed by atoms with E-state index in [0.29, 0.717) is 11.5 Å². The zero-order valence-electron chi connectivity index (χ0n) is 14.0. The van der Waals surface area contributed by atoms with Gasteiger partial charge in [-0.05, 0) is 25.0 Å². The zero-order valence-corrected chi connectivity index (χ0v) is 15.7. The van der Waals surface area contributed by atoms with Gasteiger partial charge in [0.1, 0.15) is 9.84 Å². The van der Waals surface area contributed by atoms with Crippen molar-refractivity contribution in [1.29, 1.82) is 0 Å². The minimum atomic E-state index is -2.78. The number of thiol groups is 1. The van der Waals surface area contributed by atoms with E-state index < -0.39 is 9.84 Å². The molecule has 0 aliphatic carbocycles. The molecule has 0 saturated carbocycles. The van der Waals surface area contributed by atoms with E-state index in [1.807, 2.05) is 0 Å². The van der Waals surface area contributed by atoms with Gasteiger partial charge in [-0.1, -0.05) is 71.1 Å². The first-order valence-electron chi connectivity index (χ1n) is 8.93. The number of sulfone groups is 1. The summed E-state index contributed by atoms with van der Waals surface area (Å²) >= 11 is 4.21. The Bertz CT molecular complexity index is 300. The highest BCUT2D eigenvalue weighted by molar-refractivity contribution is 7.91. The second-order valence-electron chi connectivity index (χ2n) is 6.12. The van der Waals surface area contributed by atoms with Gasteiger partial charge in [-0.2, -0.15) is 12.6 Å². The monoisotopic (exact) mass is 336 g/mol. The summed E-state index contributed by atoms with van der Waals surface area (Å²) in [5.74, 6) is 1.81. The number of hydrogen-bond donors (Lipinski definition) is 1. The van der Waals surface area contributed by atoms with E-state index in [4.69, 9.17) is 0 Å². The lowest BCUT2D eigenvalue weighted by molar-refractivity contribution is 0.564. The predicted molar refractivity (Wildman–Crippen MR) is 98.2 cm³/mol. The van der Waals surface area contributed by atoms with Crippen molar-refractivity contribution in [2.75, 3.05) is 17.3 Å². The van der Waals surface area contributed by atoms with Crippen LogP contribution in [-0.4, -0.2) is 25.7 Å². The Hall–Kier alpha value is 0.300. The Balaban J connectivity index is 3.32. The minimum Gasteiger partial charge on any atom is -0.229 e. The summed E-state index contributed by atoms with van der Waals surface area (Å²) in [6, 6.07) is 0. The molecule has 0 aromatic carbocycles. The first-order valence-corrected chi connectivity index (χ1v) is 11.4. The van der Waals surface area contributed by atoms with Crippen molar-refractivity contribution in [1.82, 2.24) is 0 Å². The quantitative estimate of drug-likeness (QED) is 0.301. The fourth-order valence-electron chi connectivity index (χ4n) is 2.52. The van der Waals surface area contributed by atoms with Crippen LogP contribution >= 0.6 is 12.6 Å². The Labute approximate surface area is 138 Å². The SMILES string of the molecule is CCCCCCS(=O)(=O)CCCCCCCCCCCS. The second-order valence-corrected chi connectivity index (χ2v) is 8.87. The third-order valence-electron chi connectivity index (χ3n) is 3.92. The van der Waals surface area contributed by atoms with E-state index in [1.54, 1.807) is 0 Å². The largest absolute Gasteiger partial charge is 0.229 e. The summed E-state index contributed by atoms with van der Waals surface area (Å²) in [5.41, 5.74) is 0. The van der Waals surface area contributed by atoms with Crippen molar-refractivity contribution >= 4 is 22.5 Å². The van der Waals surface area contributed by atoms with Crippen molar-refractivity contribution in [3.8, 4) is 0 Å². The zero-order chi connectivity index (χ0) is 15.8. The summed E-state index contributed by atoms with van der Waals surface area (Å²) in [4.78, 5) is 0. The Kier molecular flexibility index (Phi) is 15.4. The van der Waals surface area contributed by atoms with Crippen LogP contribution < -0.4 is 0 Å². The summed E-state index contributed by atoms with van der Waals surface area (Å²) in [7, 11) is -2.78. The number of hydrogen-bond acceptors (Lipinski definition) is 3. The number of unbranched alkanes of at least 4 members (excludes halogenated alkanes) is 11. The molecular weight excluding hydrogens is 300 g/mol. The maximum absolute atomic E-state index is 11.8. The van der Waals surface area contributed by atoms with E-state index >= 15 is 0 Å². The molecular formula is C17H36O2S2. The van der Waals surface area contributed by atoms with Crippen molar-refractivity contribution in [2.24, 2.45) is 0 Å². The maximum Gasteiger partial charge on any atom is 0.150 e. The molecule has 0 N–H and O–H groups in total. The predicted octanol–water partition coefficient (Wildman–Crippen LogP) is 5.42. The van der Waals surface area contributed by atoms with Crippen molar-refractivity contribution in [3.05, 3.63) is 0 Å². The van der Waals surface area contributed by atoms with E-state index in [-0.39, 0.29) is 0 Å². The van der Waals surface area contributed by atoms with Crippen LogP contribution in [0.25, 0.3) is 0 Å². The molecule has 0 aromatic heterocycles. The molecule has 0 aliphatic heterocycles. The smallest absolute Gasteiger partial charge is 0.150 e. The first-order chi connectivity index (χ1) is 10.1. The molecule has 0 rings (SSSR count). The highest BCUT2D eigenvalue weighted by Gasteiger charge is 2.09. The van der Waals surface area contributed by atoms with Crippen LogP contribution in [0.1, 0.15) is 90.4 Å². The van der Waals surface area contributed by atoms with Crippen LogP contribution in [0.3, 0.4) is 0 Å². The highest BCUT2D eigenvalue weighted by atomic mass is 32.2. The summed E-state index contributed by atoms with van der Waals surface area (Å²) in [6.07, 6.45) is 15.1. The lowest BCUT2D eigenvalue weighted by Gasteiger charge is -2.05. The molecule has 2 nitrogen and oxygen atoms in total. The van der Waals surface area contributed by atoms with Gasteiger partial charge in [0.05, 0.1) is 11.5 Å². The van der Waals surface area contributed by atoms with Crippen LogP contribution in [-0.2, 0) is 9.84 Å². The fraction of sp³-hybridized carbons (Fsp3) is 1.00. The standard InChI is InChI=1S/C17H36O2S2/c1-2-3-4-13-16-21(18,19)17-14-11-9-7-5-6-8-10-12-15-20/h20H,2-17H2,1H3. The van der Waals surface area contributed by atoms with Crippen LogP contribution in [0.2, 0.25) is 0 Å². The summed E-state index contributed by atoms with van der Waals surface area (Å²) in [6.45, 7) is 2.15. The molecule has 0 spiro atoms. The third-order valence-corrected chi connectivity index (χ3v) is 6.06. The van der Waals surface area contributed by atoms with Crippen molar-refractivity contribution in [2.45, 2.75) is 90.4 Å². The average molecular weight is 337 g/mol. The topological polar surface area (TPSA) is 34.1 Å². The van der Waals surface area contributed by atoms with Gasteiger partial charge in [0.2, 0.25) is 0 Å². The fourth-order valence-corrected chi connectivity index (χ4v) is 4.24. The molecule has 0 fully saturated rings. The normalized spacial score (nSPS) is 11.9. The lowest BCUT2D eigenvalue weighted by atomic mass is 10.1. The van der Waals surface area contributed by atoms with Gasteiger partial charge < -0.3 is 0 Å². The Morgan fingerprint density at radius 2 is 1.00 bits per heavy atom. The molecule has 0 bridgehead atoms. The molecule has 0 aliphatic rings. The molecule has 0 aromatic rings. The summed E-state index contributed by atoms with van der Waals surface area (Å²) < 4.78 is 23.6. The summed E-state index contributed by atoms with van der Waals surface area (Å²) in [5, 5.41) is 0. The molecule has 21 heavy (non-hydrogen) atoms. The molecule has 0 saturated heterocycles. The second kappa shape index (κ2) is 15.2. The van der Waals surface area contributed by atoms with Gasteiger partial charge in [-0.25, -0.2) is 8.42 Å². The van der Waals surface area contributed by atoms with E-state index in [9.17, 15) is 8.42 Å². The van der Waals surface area contributed by atoms with Crippen molar-refractivity contribution in [3.63, 3.8) is 0 Å². The van der Waals surface area contributed by atoms with Gasteiger partial charge in [0.15, 0.2) is 0 Å². The van der Waals surface area contributed by atoms with E-state index in [2.05, 4.69) is 19.6 Å². The molecule has 0 amide bonds. The van der Waals surface area contributed by atoms with Gasteiger partial charge in [0, 0.05) is 0 Å². The van der Waals surface area contributed by atoms with E-state index in [1.165, 1.54) is 44.9 Å². The highest BCUT2D eigenvalue weighted by Crippen LogP contribution is 2.11. The van der Waals surface area contributed by atoms with Gasteiger partial charge in [0.25, 0.3) is 0 Å². The Morgan fingerprint density at radius 3 is 1.43 bits per heavy atom. The number of rotatable bonds is 16. The maximum atomic E-state index is 11.8. The van der Waals surface area contributed by atoms with Crippen LogP contribution in [0.15, 0.2) is 0 Å². The van der Waals surface area contributed by atoms with Crippen LogP contribution in [0, 0.1) is 0 Å². The molecule has 0 atom stereocenters. The van der Waals surface area contributed by atoms with Crippen LogP contribution in [0.5, 0.6) is 0 Å². The van der Waals surface area contributed by atoms with Gasteiger partial charge in [-0.3, -0.25) is 0 Å². The van der Waals surface area contributed by atoms with Gasteiger partial charge in [-0.15, -0.1) is 0 Å². The Morgan fingerprint density at radius 1 is 0.619 bits per heavy atom. The molecule has 0 unspecified atom stereocenters. The molecule has 128 valence electrons. The molecule has 0 radical (unpaired) electrons. The molecule has 4 heteroatoms. The molecule has 0 heterocycles. The first kappa shape index (κ1) is 21.3. The van der Waals surface area contributed by atoms with Crippen LogP contribution in [0.4, 0.5) is 0 Å². The van der Waals surface area contributed by atoms with Crippen molar-refractivity contribution < 1.29 is 8.42 Å². The minimum absolute atomic E-state index is 0.401. The lowest BCUT2D eigenvalue weighted by Crippen LogP contribution is -2.11. The third kappa shape index (κ3) is 16.5. The average Bonchev–Trinajstić information content (AvgIpc) is 2.45.